The predicted molar refractivity (Wildman–Crippen MR) is 112 cm³/mol. The largest absolute Gasteiger partial charge is 0.478 e. The van der Waals surface area contributed by atoms with E-state index in [1.165, 1.54) is 0 Å². The van der Waals surface area contributed by atoms with Gasteiger partial charge >= 0.3 is 5.97 Å². The molecule has 0 bridgehead atoms. The molecule has 0 unspecified atom stereocenters. The fourth-order valence-corrected chi connectivity index (χ4v) is 3.73. The van der Waals surface area contributed by atoms with Gasteiger partial charge in [0.05, 0.1) is 11.3 Å². The molecule has 4 heteroatoms. The Morgan fingerprint density at radius 2 is 1.82 bits per heavy atom. The summed E-state index contributed by atoms with van der Waals surface area (Å²) in [5.41, 5.74) is 6.25. The van der Waals surface area contributed by atoms with Crippen molar-refractivity contribution in [2.45, 2.75) is 18.8 Å². The molecule has 1 fully saturated rings. The second-order valence-electron chi connectivity index (χ2n) is 7.34. The summed E-state index contributed by atoms with van der Waals surface area (Å²) in [6, 6.07) is 22.0. The molecule has 4 aromatic rings. The smallest absolute Gasteiger partial charge is 0.337 e. The van der Waals surface area contributed by atoms with Crippen molar-refractivity contribution in [2.75, 3.05) is 5.32 Å². The van der Waals surface area contributed by atoms with E-state index in [4.69, 9.17) is 0 Å². The van der Waals surface area contributed by atoms with Crippen molar-refractivity contribution in [1.82, 2.24) is 4.98 Å². The Kier molecular flexibility index (Phi) is 3.90. The number of fused-ring (bicyclic) bond motifs is 1. The Balaban J connectivity index is 1.53. The number of aromatic amines is 1. The fourth-order valence-electron chi connectivity index (χ4n) is 3.73. The van der Waals surface area contributed by atoms with Gasteiger partial charge in [-0.05, 0) is 60.2 Å². The highest BCUT2D eigenvalue weighted by Crippen LogP contribution is 2.41. The molecule has 1 aliphatic carbocycles. The van der Waals surface area contributed by atoms with Crippen LogP contribution in [-0.4, -0.2) is 16.1 Å². The average Bonchev–Trinajstić information content (AvgIpc) is 3.48. The van der Waals surface area contributed by atoms with Crippen LogP contribution in [0.3, 0.4) is 0 Å². The molecule has 5 rings (SSSR count). The van der Waals surface area contributed by atoms with Gasteiger partial charge in [-0.2, -0.15) is 0 Å². The predicted octanol–water partition coefficient (Wildman–Crippen LogP) is 6.15. The molecular formula is C24H20N2O2. The fraction of sp³-hybridized carbons (Fsp3) is 0.125. The van der Waals surface area contributed by atoms with E-state index >= 15 is 0 Å². The van der Waals surface area contributed by atoms with Gasteiger partial charge in [0, 0.05) is 28.4 Å². The van der Waals surface area contributed by atoms with Crippen molar-refractivity contribution >= 4 is 28.2 Å². The molecule has 0 saturated heterocycles. The van der Waals surface area contributed by atoms with Gasteiger partial charge in [-0.25, -0.2) is 4.79 Å². The lowest BCUT2D eigenvalue weighted by Gasteiger charge is -2.12. The average molecular weight is 368 g/mol. The maximum absolute atomic E-state index is 11.8. The molecule has 0 atom stereocenters. The SMILES string of the molecule is O=C(O)c1cc(C2CC2)ccc1Nc1ccc2[nH]cc(-c3ccccc3)c2c1. The van der Waals surface area contributed by atoms with Crippen LogP contribution in [0.2, 0.25) is 0 Å². The molecule has 28 heavy (non-hydrogen) atoms. The van der Waals surface area contributed by atoms with Crippen LogP contribution in [0.15, 0.2) is 72.9 Å². The number of nitrogens with one attached hydrogen (secondary N) is 2. The number of aromatic carboxylic acids is 1. The Morgan fingerprint density at radius 3 is 2.57 bits per heavy atom. The van der Waals surface area contributed by atoms with Gasteiger partial charge in [0.15, 0.2) is 0 Å². The van der Waals surface area contributed by atoms with Crippen LogP contribution in [0.4, 0.5) is 11.4 Å². The van der Waals surface area contributed by atoms with E-state index in [2.05, 4.69) is 28.5 Å². The summed E-state index contributed by atoms with van der Waals surface area (Å²) in [6.07, 6.45) is 4.31. The lowest BCUT2D eigenvalue weighted by molar-refractivity contribution is 0.0698. The van der Waals surface area contributed by atoms with E-state index in [1.54, 1.807) is 0 Å². The van der Waals surface area contributed by atoms with E-state index in [-0.39, 0.29) is 0 Å². The third kappa shape index (κ3) is 3.03. The first kappa shape index (κ1) is 16.6. The van der Waals surface area contributed by atoms with E-state index in [1.807, 2.05) is 54.7 Å². The topological polar surface area (TPSA) is 65.1 Å². The van der Waals surface area contributed by atoms with Crippen LogP contribution in [0.25, 0.3) is 22.0 Å². The number of anilines is 2. The second kappa shape index (κ2) is 6.57. The highest BCUT2D eigenvalue weighted by molar-refractivity contribution is 5.99. The van der Waals surface area contributed by atoms with Crippen LogP contribution in [0, 0.1) is 0 Å². The lowest BCUT2D eigenvalue weighted by atomic mass is 10.0. The summed E-state index contributed by atoms with van der Waals surface area (Å²) in [5, 5.41) is 14.1. The molecule has 1 aromatic heterocycles. The number of hydrogen-bond acceptors (Lipinski definition) is 2. The third-order valence-electron chi connectivity index (χ3n) is 5.37. The monoisotopic (exact) mass is 368 g/mol. The number of H-pyrrole nitrogens is 1. The summed E-state index contributed by atoms with van der Waals surface area (Å²) >= 11 is 0. The van der Waals surface area contributed by atoms with Gasteiger partial charge in [-0.15, -0.1) is 0 Å². The van der Waals surface area contributed by atoms with E-state index in [9.17, 15) is 9.90 Å². The maximum Gasteiger partial charge on any atom is 0.337 e. The normalized spacial score (nSPS) is 13.6. The molecule has 1 saturated carbocycles. The van der Waals surface area contributed by atoms with Crippen LogP contribution in [0.1, 0.15) is 34.7 Å². The van der Waals surface area contributed by atoms with Gasteiger partial charge in [-0.3, -0.25) is 0 Å². The number of carboxylic acids is 1. The zero-order valence-electron chi connectivity index (χ0n) is 15.3. The number of aromatic nitrogens is 1. The zero-order chi connectivity index (χ0) is 19.1. The summed E-state index contributed by atoms with van der Waals surface area (Å²) in [6.45, 7) is 0. The van der Waals surface area contributed by atoms with Crippen molar-refractivity contribution < 1.29 is 9.90 Å². The summed E-state index contributed by atoms with van der Waals surface area (Å²) in [4.78, 5) is 15.1. The number of carboxylic acid groups (broad SMARTS) is 1. The lowest BCUT2D eigenvalue weighted by Crippen LogP contribution is -2.03. The standard InChI is InChI=1S/C24H20N2O2/c27-24(28)20-12-17(15-6-7-15)8-10-23(20)26-18-9-11-22-19(13-18)21(14-25-22)16-4-2-1-3-5-16/h1-5,8-15,25-26H,6-7H2,(H,27,28). The first-order valence-corrected chi connectivity index (χ1v) is 9.50. The van der Waals surface area contributed by atoms with Crippen molar-refractivity contribution in [3.05, 3.63) is 84.1 Å². The van der Waals surface area contributed by atoms with Gasteiger partial charge in [0.2, 0.25) is 0 Å². The summed E-state index contributed by atoms with van der Waals surface area (Å²) < 4.78 is 0. The zero-order valence-corrected chi connectivity index (χ0v) is 15.3. The first-order valence-electron chi connectivity index (χ1n) is 9.50. The van der Waals surface area contributed by atoms with Crippen molar-refractivity contribution in [1.29, 1.82) is 0 Å². The molecule has 4 nitrogen and oxygen atoms in total. The minimum absolute atomic E-state index is 0.321. The molecule has 0 radical (unpaired) electrons. The van der Waals surface area contributed by atoms with Gasteiger partial charge in [0.25, 0.3) is 0 Å². The first-order chi connectivity index (χ1) is 13.7. The van der Waals surface area contributed by atoms with Crippen LogP contribution in [-0.2, 0) is 0 Å². The summed E-state index contributed by atoms with van der Waals surface area (Å²) in [7, 11) is 0. The number of carbonyl (C=O) groups is 1. The van der Waals surface area contributed by atoms with Crippen molar-refractivity contribution in [2.24, 2.45) is 0 Å². The minimum atomic E-state index is -0.905. The molecule has 1 aliphatic rings. The van der Waals surface area contributed by atoms with E-state index in [0.717, 1.165) is 46.1 Å². The van der Waals surface area contributed by atoms with Crippen LogP contribution in [0.5, 0.6) is 0 Å². The molecule has 3 N–H and O–H groups in total. The van der Waals surface area contributed by atoms with Gasteiger partial charge in [0.1, 0.15) is 0 Å². The Morgan fingerprint density at radius 1 is 1.00 bits per heavy atom. The van der Waals surface area contributed by atoms with Gasteiger partial charge < -0.3 is 15.4 Å². The highest BCUT2D eigenvalue weighted by atomic mass is 16.4. The molecule has 0 spiro atoms. The van der Waals surface area contributed by atoms with Gasteiger partial charge in [-0.1, -0.05) is 36.4 Å². The van der Waals surface area contributed by atoms with Crippen LogP contribution >= 0.6 is 0 Å². The van der Waals surface area contributed by atoms with Crippen molar-refractivity contribution in [3.8, 4) is 11.1 Å². The molecule has 0 aliphatic heterocycles. The quantitative estimate of drug-likeness (QED) is 0.395. The summed E-state index contributed by atoms with van der Waals surface area (Å²) in [5.74, 6) is -0.380. The Labute approximate surface area is 162 Å². The Bertz CT molecular complexity index is 1170. The van der Waals surface area contributed by atoms with E-state index in [0.29, 0.717) is 17.2 Å². The highest BCUT2D eigenvalue weighted by Gasteiger charge is 2.25. The number of rotatable bonds is 5. The van der Waals surface area contributed by atoms with Crippen LogP contribution < -0.4 is 5.32 Å². The molecular weight excluding hydrogens is 348 g/mol. The number of benzene rings is 3. The minimum Gasteiger partial charge on any atom is -0.478 e. The van der Waals surface area contributed by atoms with Crippen molar-refractivity contribution in [3.63, 3.8) is 0 Å². The molecule has 1 heterocycles. The number of hydrogen-bond donors (Lipinski definition) is 3. The molecule has 0 amide bonds. The molecule has 3 aromatic carbocycles. The maximum atomic E-state index is 11.8. The van der Waals surface area contributed by atoms with E-state index < -0.39 is 5.97 Å². The molecule has 138 valence electrons. The second-order valence-corrected chi connectivity index (χ2v) is 7.34. The Hall–Kier alpha value is -3.53. The third-order valence-corrected chi connectivity index (χ3v) is 5.37.